The topological polar surface area (TPSA) is 136 Å². The van der Waals surface area contributed by atoms with Crippen LogP contribution in [0.3, 0.4) is 0 Å². The van der Waals surface area contributed by atoms with Gasteiger partial charge in [-0.2, -0.15) is 5.10 Å². The summed E-state index contributed by atoms with van der Waals surface area (Å²) < 4.78 is 7.37. The molecular weight excluding hydrogens is 362 g/mol. The molecule has 28 heavy (non-hydrogen) atoms. The Morgan fingerprint density at radius 3 is 3.14 bits per heavy atom. The Bertz CT molecular complexity index is 910. The van der Waals surface area contributed by atoms with Gasteiger partial charge in [-0.3, -0.25) is 14.6 Å². The maximum atomic E-state index is 12.5. The standard InChI is InChI=1S/C17H23N9O2/c1-28-14-8-11(17(27)18-4-6-26-7-5-21-25-26)2-3-13(14)23-15-12-9-22-24-16(12)20-10-19-15/h5,7,9-11,13-14H,2-4,6,8H2,1H3,(H,18,27)(H2,19,20,22,23,24)/t11-,13+,14+/m0/s1. The zero-order valence-electron chi connectivity index (χ0n) is 15.6. The Morgan fingerprint density at radius 1 is 1.39 bits per heavy atom. The van der Waals surface area contributed by atoms with Gasteiger partial charge < -0.3 is 15.4 Å². The van der Waals surface area contributed by atoms with E-state index in [4.69, 9.17) is 4.74 Å². The number of hydrogen-bond donors (Lipinski definition) is 3. The zero-order chi connectivity index (χ0) is 19.3. The molecule has 0 saturated heterocycles. The molecule has 0 aliphatic heterocycles. The smallest absolute Gasteiger partial charge is 0.223 e. The highest BCUT2D eigenvalue weighted by molar-refractivity contribution is 5.85. The molecule has 1 saturated carbocycles. The molecule has 3 atom stereocenters. The van der Waals surface area contributed by atoms with E-state index in [1.807, 2.05) is 0 Å². The average molecular weight is 385 g/mol. The van der Waals surface area contributed by atoms with E-state index in [-0.39, 0.29) is 24.0 Å². The van der Waals surface area contributed by atoms with E-state index < -0.39 is 0 Å². The van der Waals surface area contributed by atoms with Crippen molar-refractivity contribution in [3.63, 3.8) is 0 Å². The van der Waals surface area contributed by atoms with Crippen molar-refractivity contribution in [2.24, 2.45) is 5.92 Å². The number of nitrogens with one attached hydrogen (secondary N) is 3. The van der Waals surface area contributed by atoms with Gasteiger partial charge in [-0.25, -0.2) is 9.97 Å². The van der Waals surface area contributed by atoms with E-state index >= 15 is 0 Å². The van der Waals surface area contributed by atoms with Gasteiger partial charge >= 0.3 is 0 Å². The van der Waals surface area contributed by atoms with Gasteiger partial charge in [0.1, 0.15) is 12.1 Å². The summed E-state index contributed by atoms with van der Waals surface area (Å²) in [7, 11) is 1.68. The number of amides is 1. The SMILES string of the molecule is CO[C@@H]1C[C@@H](C(=O)NCCn2ccnn2)CC[C@H]1Nc1ncnc2[nH]ncc12. The van der Waals surface area contributed by atoms with Crippen molar-refractivity contribution in [2.75, 3.05) is 19.0 Å². The van der Waals surface area contributed by atoms with Crippen LogP contribution in [-0.2, 0) is 16.1 Å². The molecule has 11 heteroatoms. The maximum absolute atomic E-state index is 12.5. The van der Waals surface area contributed by atoms with Crippen LogP contribution in [0, 0.1) is 5.92 Å². The summed E-state index contributed by atoms with van der Waals surface area (Å²) in [5, 5.41) is 21.8. The van der Waals surface area contributed by atoms with E-state index in [9.17, 15) is 4.79 Å². The molecule has 1 aliphatic rings. The predicted octanol–water partition coefficient (Wildman–Crippen LogP) is 0.356. The van der Waals surface area contributed by atoms with Crippen molar-refractivity contribution in [2.45, 2.75) is 38.0 Å². The summed E-state index contributed by atoms with van der Waals surface area (Å²) in [6.07, 6.45) is 8.75. The molecule has 3 aromatic rings. The second-order valence-electron chi connectivity index (χ2n) is 6.85. The molecule has 3 heterocycles. The number of carbonyl (C=O) groups excluding carboxylic acids is 1. The first-order valence-corrected chi connectivity index (χ1v) is 9.30. The fourth-order valence-corrected chi connectivity index (χ4v) is 3.64. The van der Waals surface area contributed by atoms with Crippen molar-refractivity contribution in [3.8, 4) is 0 Å². The van der Waals surface area contributed by atoms with Crippen LogP contribution in [0.15, 0.2) is 24.9 Å². The summed E-state index contributed by atoms with van der Waals surface area (Å²) in [4.78, 5) is 21.0. The van der Waals surface area contributed by atoms with Crippen LogP contribution in [0.5, 0.6) is 0 Å². The molecule has 3 N–H and O–H groups in total. The Balaban J connectivity index is 1.33. The lowest BCUT2D eigenvalue weighted by Gasteiger charge is -2.35. The summed E-state index contributed by atoms with van der Waals surface area (Å²) in [6, 6.07) is 0.0669. The minimum atomic E-state index is -0.0864. The number of methoxy groups -OCH3 is 1. The molecule has 11 nitrogen and oxygen atoms in total. The molecule has 1 aliphatic carbocycles. The molecule has 1 fully saturated rings. The fraction of sp³-hybridized carbons (Fsp3) is 0.529. The Hall–Kier alpha value is -3.08. The third-order valence-electron chi connectivity index (χ3n) is 5.15. The van der Waals surface area contributed by atoms with Crippen molar-refractivity contribution in [1.82, 2.24) is 40.5 Å². The number of H-pyrrole nitrogens is 1. The normalized spacial score (nSPS) is 22.2. The van der Waals surface area contributed by atoms with Gasteiger partial charge in [-0.15, -0.1) is 5.10 Å². The first kappa shape index (κ1) is 18.3. The Labute approximate surface area is 161 Å². The highest BCUT2D eigenvalue weighted by Gasteiger charge is 2.34. The largest absolute Gasteiger partial charge is 0.379 e. The van der Waals surface area contributed by atoms with E-state index in [0.717, 1.165) is 24.0 Å². The fourth-order valence-electron chi connectivity index (χ4n) is 3.64. The Kier molecular flexibility index (Phi) is 5.42. The lowest BCUT2D eigenvalue weighted by molar-refractivity contribution is -0.127. The second kappa shape index (κ2) is 8.30. The average Bonchev–Trinajstić information content (AvgIpc) is 3.40. The number of aromatic nitrogens is 7. The molecular formula is C17H23N9O2. The van der Waals surface area contributed by atoms with Crippen LogP contribution in [0.1, 0.15) is 19.3 Å². The molecule has 0 radical (unpaired) electrons. The van der Waals surface area contributed by atoms with Crippen LogP contribution in [0.2, 0.25) is 0 Å². The van der Waals surface area contributed by atoms with Crippen molar-refractivity contribution in [3.05, 3.63) is 24.9 Å². The number of hydrogen-bond acceptors (Lipinski definition) is 8. The summed E-state index contributed by atoms with van der Waals surface area (Å²) in [6.45, 7) is 1.13. The van der Waals surface area contributed by atoms with Gasteiger partial charge in [0, 0.05) is 25.8 Å². The number of fused-ring (bicyclic) bond motifs is 1. The summed E-state index contributed by atoms with van der Waals surface area (Å²) >= 11 is 0. The minimum absolute atomic E-state index is 0.0554. The van der Waals surface area contributed by atoms with Crippen LogP contribution in [-0.4, -0.2) is 66.9 Å². The van der Waals surface area contributed by atoms with Gasteiger partial charge in [0.15, 0.2) is 5.65 Å². The quantitative estimate of drug-likeness (QED) is 0.530. The van der Waals surface area contributed by atoms with Gasteiger partial charge in [0.25, 0.3) is 0 Å². The number of ether oxygens (including phenoxy) is 1. The lowest BCUT2D eigenvalue weighted by atomic mass is 9.83. The predicted molar refractivity (Wildman–Crippen MR) is 100 cm³/mol. The molecule has 0 aromatic carbocycles. The maximum Gasteiger partial charge on any atom is 0.223 e. The van der Waals surface area contributed by atoms with Gasteiger partial charge in [0.2, 0.25) is 5.91 Å². The van der Waals surface area contributed by atoms with Gasteiger partial charge in [-0.1, -0.05) is 5.21 Å². The van der Waals surface area contributed by atoms with E-state index in [2.05, 4.69) is 41.1 Å². The van der Waals surface area contributed by atoms with Crippen molar-refractivity contribution in [1.29, 1.82) is 0 Å². The highest BCUT2D eigenvalue weighted by Crippen LogP contribution is 2.29. The monoisotopic (exact) mass is 385 g/mol. The van der Waals surface area contributed by atoms with E-state index in [1.54, 1.807) is 30.4 Å². The van der Waals surface area contributed by atoms with Gasteiger partial charge in [0.05, 0.1) is 36.5 Å². The van der Waals surface area contributed by atoms with E-state index in [0.29, 0.717) is 25.2 Å². The minimum Gasteiger partial charge on any atom is -0.379 e. The van der Waals surface area contributed by atoms with Crippen LogP contribution in [0.4, 0.5) is 5.82 Å². The second-order valence-corrected chi connectivity index (χ2v) is 6.85. The summed E-state index contributed by atoms with van der Waals surface area (Å²) in [5.74, 6) is 0.708. The molecule has 148 valence electrons. The van der Waals surface area contributed by atoms with Gasteiger partial charge in [-0.05, 0) is 19.3 Å². The number of aromatic amines is 1. The third-order valence-corrected chi connectivity index (χ3v) is 5.15. The molecule has 0 bridgehead atoms. The highest BCUT2D eigenvalue weighted by atomic mass is 16.5. The Morgan fingerprint density at radius 2 is 2.32 bits per heavy atom. The molecule has 1 amide bonds. The lowest BCUT2D eigenvalue weighted by Crippen LogP contribution is -2.45. The third kappa shape index (κ3) is 3.93. The van der Waals surface area contributed by atoms with Crippen LogP contribution < -0.4 is 10.6 Å². The number of carbonyl (C=O) groups is 1. The number of anilines is 1. The number of rotatable bonds is 7. The molecule has 0 spiro atoms. The molecule has 4 rings (SSSR count). The van der Waals surface area contributed by atoms with Crippen LogP contribution in [0.25, 0.3) is 11.0 Å². The molecule has 3 aromatic heterocycles. The van der Waals surface area contributed by atoms with Crippen molar-refractivity contribution >= 4 is 22.8 Å². The first-order valence-electron chi connectivity index (χ1n) is 9.30. The first-order chi connectivity index (χ1) is 13.7. The van der Waals surface area contributed by atoms with Crippen molar-refractivity contribution < 1.29 is 9.53 Å². The summed E-state index contributed by atoms with van der Waals surface area (Å²) in [5.41, 5.74) is 0.687. The van der Waals surface area contributed by atoms with E-state index in [1.165, 1.54) is 6.33 Å². The van der Waals surface area contributed by atoms with Crippen LogP contribution >= 0.6 is 0 Å². The number of nitrogens with zero attached hydrogens (tertiary/aromatic N) is 6. The molecule has 0 unspecified atom stereocenters. The zero-order valence-corrected chi connectivity index (χ0v) is 15.6.